The standard InChI is InChI=1S/C67H101N19O14S.C2H4O2/c1-37(2)28-46(59(93)77-44(20-13-24-74-67(71)72)57(91)78-45(55(70)89)30-40-16-9-7-10-17-40)81-64(98)53-22-15-26-86(53)66(100)50(29-38(3)4)83-61(95)49(33-54(69)88)79-56(90)39(5)76-58(92)47(31-41-18-11-8-12-19-41)80-62(96)51(35-87)84-60(94)48(32-42-34-73-36-75-42)82-63(97)52-21-14-25-85(52)65(99)43(68)23-27-101-6;1-2(3)4/h7-12,16-19,34,36-39,43-53,87H,13-15,20-33,35,68H2,1-6H3,(H2,69,88)(H2,70,89)(H,73,75)(H,76,92)(H,77,93)(H,78,91)(H,79,90)(H,80,96)(H,81,98)(H,82,97)(H,83,95)(H,84,94)(H4,71,72,74);1H3,(H,3,4)/t39-,43-,44-,45-,46-,47-,48-,49-,50-,51-,52-,53-;/m0./s1. The van der Waals surface area contributed by atoms with Crippen molar-refractivity contribution in [1.29, 1.82) is 0 Å². The number of benzene rings is 2. The Bertz CT molecular complexity index is 3440. The number of aliphatic hydroxyl groups excluding tert-OH is 1. The number of carbonyl (C=O) groups excluding carboxylic acids is 13. The Balaban J connectivity index is 0.00000568. The van der Waals surface area contributed by atoms with Crippen LogP contribution in [0, 0.1) is 11.8 Å². The van der Waals surface area contributed by atoms with Crippen LogP contribution in [0.2, 0.25) is 0 Å². The third-order valence-corrected chi connectivity index (χ3v) is 17.6. The van der Waals surface area contributed by atoms with E-state index in [9.17, 15) is 67.4 Å². The van der Waals surface area contributed by atoms with Gasteiger partial charge in [0.05, 0.1) is 25.4 Å². The quantitative estimate of drug-likeness (QED) is 0.0149. The van der Waals surface area contributed by atoms with Gasteiger partial charge in [-0.15, -0.1) is 0 Å². The number of nitrogens with two attached hydrogens (primary N) is 5. The molecule has 0 unspecified atom stereocenters. The summed E-state index contributed by atoms with van der Waals surface area (Å²) in [6, 6.07) is 1.39. The molecule has 12 atom stereocenters. The molecule has 1 aromatic heterocycles. The molecule has 35 nitrogen and oxygen atoms in total. The zero-order chi connectivity index (χ0) is 78.0. The van der Waals surface area contributed by atoms with Crippen molar-refractivity contribution in [2.24, 2.45) is 45.5 Å². The van der Waals surface area contributed by atoms with Crippen molar-refractivity contribution < 1.29 is 77.3 Å². The van der Waals surface area contributed by atoms with Gasteiger partial charge in [0.15, 0.2) is 5.96 Å². The summed E-state index contributed by atoms with van der Waals surface area (Å²) in [5.74, 6) is -11.6. The first-order valence-electron chi connectivity index (χ1n) is 34.8. The lowest BCUT2D eigenvalue weighted by atomic mass is 10.00. The van der Waals surface area contributed by atoms with Gasteiger partial charge in [0, 0.05) is 57.7 Å². The first-order chi connectivity index (χ1) is 49.7. The van der Waals surface area contributed by atoms with Gasteiger partial charge in [0.2, 0.25) is 76.8 Å². The van der Waals surface area contributed by atoms with E-state index >= 15 is 0 Å². The highest BCUT2D eigenvalue weighted by Crippen LogP contribution is 2.23. The second-order valence-corrected chi connectivity index (χ2v) is 27.6. The predicted octanol–water partition coefficient (Wildman–Crippen LogP) is -3.53. The molecule has 2 aromatic carbocycles. The lowest BCUT2D eigenvalue weighted by molar-refractivity contribution is -0.143. The van der Waals surface area contributed by atoms with Crippen molar-refractivity contribution in [3.05, 3.63) is 90.0 Å². The van der Waals surface area contributed by atoms with Gasteiger partial charge in [-0.3, -0.25) is 72.1 Å². The highest BCUT2D eigenvalue weighted by Gasteiger charge is 2.42. The lowest BCUT2D eigenvalue weighted by Crippen LogP contribution is -2.61. The van der Waals surface area contributed by atoms with Gasteiger partial charge in [-0.2, -0.15) is 11.8 Å². The molecule has 0 bridgehead atoms. The molecule has 22 N–H and O–H groups in total. The number of aliphatic hydroxyl groups is 1. The number of carboxylic acids is 1. The second-order valence-electron chi connectivity index (χ2n) is 26.6. The summed E-state index contributed by atoms with van der Waals surface area (Å²) >= 11 is 1.52. The highest BCUT2D eigenvalue weighted by molar-refractivity contribution is 7.98. The van der Waals surface area contributed by atoms with Crippen molar-refractivity contribution in [2.75, 3.05) is 38.2 Å². The fourth-order valence-corrected chi connectivity index (χ4v) is 12.2. The Labute approximate surface area is 614 Å². The van der Waals surface area contributed by atoms with Crippen molar-refractivity contribution in [3.63, 3.8) is 0 Å². The van der Waals surface area contributed by atoms with Crippen LogP contribution in [0.15, 0.2) is 78.2 Å². The van der Waals surface area contributed by atoms with Gasteiger partial charge in [0.25, 0.3) is 5.97 Å². The Morgan fingerprint density at radius 2 is 1.02 bits per heavy atom. The number of rotatable bonds is 41. The summed E-state index contributed by atoms with van der Waals surface area (Å²) in [7, 11) is 0. The van der Waals surface area contributed by atoms with Gasteiger partial charge in [-0.1, -0.05) is 88.4 Å². The molecule has 105 heavy (non-hydrogen) atoms. The summed E-state index contributed by atoms with van der Waals surface area (Å²) in [5.41, 5.74) is 30.2. The first kappa shape index (κ1) is 87.2. The Morgan fingerprint density at radius 1 is 0.571 bits per heavy atom. The summed E-state index contributed by atoms with van der Waals surface area (Å²) in [4.78, 5) is 203. The number of primary amides is 2. The molecule has 2 saturated heterocycles. The molecule has 0 radical (unpaired) electrons. The molecule has 3 heterocycles. The van der Waals surface area contributed by atoms with E-state index in [-0.39, 0.29) is 88.8 Å². The number of H-pyrrole nitrogens is 1. The van der Waals surface area contributed by atoms with E-state index in [1.54, 1.807) is 74.5 Å². The minimum absolute atomic E-state index is 0.000953. The molecule has 0 aliphatic carbocycles. The number of likely N-dealkylation sites (tertiary alicyclic amines) is 2. The topological polar surface area (TPSA) is 565 Å². The fraction of sp³-hybridized carbons (Fsp3) is 0.565. The first-order valence-corrected chi connectivity index (χ1v) is 36.2. The second kappa shape index (κ2) is 44.4. The van der Waals surface area contributed by atoms with Crippen LogP contribution in [0.1, 0.15) is 123 Å². The van der Waals surface area contributed by atoms with Crippen LogP contribution in [0.25, 0.3) is 0 Å². The fourth-order valence-electron chi connectivity index (χ4n) is 11.7. The number of nitrogens with zero attached hydrogens (tertiary/aromatic N) is 4. The van der Waals surface area contributed by atoms with E-state index < -0.39 is 168 Å². The molecule has 36 heteroatoms. The number of aromatic nitrogens is 2. The molecule has 13 amide bonds. The molecule has 0 saturated carbocycles. The van der Waals surface area contributed by atoms with E-state index in [4.69, 9.17) is 38.6 Å². The molecule has 0 spiro atoms. The minimum atomic E-state index is -1.74. The predicted molar refractivity (Wildman–Crippen MR) is 388 cm³/mol. The van der Waals surface area contributed by atoms with Gasteiger partial charge in [-0.25, -0.2) is 4.98 Å². The van der Waals surface area contributed by atoms with Gasteiger partial charge in [0.1, 0.15) is 66.5 Å². The Hall–Kier alpha value is -10.2. The van der Waals surface area contributed by atoms with E-state index in [2.05, 4.69) is 62.8 Å². The summed E-state index contributed by atoms with van der Waals surface area (Å²) in [5, 5.41) is 41.4. The normalized spacial score (nSPS) is 16.8. The van der Waals surface area contributed by atoms with Crippen molar-refractivity contribution in [3.8, 4) is 0 Å². The average Bonchev–Trinajstić information content (AvgIpc) is 1.76. The van der Waals surface area contributed by atoms with E-state index in [0.717, 1.165) is 6.92 Å². The third-order valence-electron chi connectivity index (χ3n) is 16.9. The van der Waals surface area contributed by atoms with Crippen LogP contribution in [-0.2, 0) is 86.4 Å². The Kier molecular flexibility index (Phi) is 36.9. The molecular weight excluding hydrogens is 1380 g/mol. The summed E-state index contributed by atoms with van der Waals surface area (Å²) in [6.07, 6.45) is 5.54. The number of aromatic amines is 1. The number of hydrogen-bond acceptors (Lipinski definition) is 19. The van der Waals surface area contributed by atoms with Crippen molar-refractivity contribution in [1.82, 2.24) is 67.6 Å². The number of hydrogen-bond donors (Lipinski definition) is 17. The highest BCUT2D eigenvalue weighted by atomic mass is 32.2. The smallest absolute Gasteiger partial charge is 0.300 e. The monoisotopic (exact) mass is 1490 g/mol. The minimum Gasteiger partial charge on any atom is -0.481 e. The number of imidazole rings is 1. The van der Waals surface area contributed by atoms with Crippen LogP contribution in [0.4, 0.5) is 0 Å². The van der Waals surface area contributed by atoms with Crippen LogP contribution in [0.5, 0.6) is 0 Å². The largest absolute Gasteiger partial charge is 0.481 e. The van der Waals surface area contributed by atoms with Gasteiger partial charge >= 0.3 is 0 Å². The zero-order valence-electron chi connectivity index (χ0n) is 60.4. The number of carbonyl (C=O) groups is 14. The molecule has 5 rings (SSSR count). The maximum Gasteiger partial charge on any atom is 0.300 e. The number of carboxylic acid groups (broad SMARTS) is 1. The van der Waals surface area contributed by atoms with Crippen molar-refractivity contribution >= 4 is 100 Å². The molecular formula is C69H105N19O16S. The number of amides is 13. The maximum atomic E-state index is 14.7. The van der Waals surface area contributed by atoms with Crippen LogP contribution < -0.4 is 76.5 Å². The van der Waals surface area contributed by atoms with Crippen LogP contribution in [0.3, 0.4) is 0 Å². The van der Waals surface area contributed by atoms with Crippen LogP contribution >= 0.6 is 11.8 Å². The zero-order valence-corrected chi connectivity index (χ0v) is 61.2. The number of aliphatic imine (C=N–C) groups is 1. The average molecular weight is 1490 g/mol. The lowest BCUT2D eigenvalue weighted by Gasteiger charge is -2.32. The number of nitrogens with one attached hydrogen (secondary N) is 10. The molecule has 3 aromatic rings. The van der Waals surface area contributed by atoms with Gasteiger partial charge < -0.3 is 102 Å². The maximum absolute atomic E-state index is 14.7. The molecule has 2 fully saturated rings. The summed E-state index contributed by atoms with van der Waals surface area (Å²) in [6.45, 7) is 8.92. The summed E-state index contributed by atoms with van der Waals surface area (Å²) < 4.78 is 0. The molecule has 578 valence electrons. The third kappa shape index (κ3) is 30.2. The van der Waals surface area contributed by atoms with Crippen molar-refractivity contribution in [2.45, 2.75) is 198 Å². The molecule has 2 aliphatic rings. The SMILES string of the molecule is CC(=O)O.CSCC[C@H](N)C(=O)N1CCC[C@H]1C(=O)N[C@@H](Cc1cnc[nH]1)C(=O)N[C@@H](CO)C(=O)N[C@@H](Cc1ccccc1)C(=O)N[C@@H](C)C(=O)N[C@@H](CC(N)=O)C(=O)N[C@@H](CC(C)C)C(=O)N1CCC[C@H]1C(=O)N[C@@H](CC(C)C)C(=O)N[C@@H](CCCN=C(N)N)C(=O)N[C@@H](Cc1ccccc1)C(N)=O. The number of thioether (sulfide) groups is 1. The molecule has 2 aliphatic heterocycles. The Morgan fingerprint density at radius 3 is 1.53 bits per heavy atom. The van der Waals surface area contributed by atoms with E-state index in [0.29, 0.717) is 48.3 Å². The van der Waals surface area contributed by atoms with Crippen LogP contribution in [-0.4, -0.2) is 229 Å². The number of guanidine groups is 1. The van der Waals surface area contributed by atoms with E-state index in [1.807, 2.05) is 20.1 Å². The van der Waals surface area contributed by atoms with Gasteiger partial charge in [-0.05, 0) is 99.7 Å². The number of aliphatic carboxylic acids is 1. The van der Waals surface area contributed by atoms with E-state index in [1.165, 1.54) is 41.0 Å².